The van der Waals surface area contributed by atoms with Gasteiger partial charge in [0.1, 0.15) is 0 Å². The largest absolute Gasteiger partial charge is 0.329 e. The molecule has 4 aromatic rings. The molecule has 96 valence electrons. The van der Waals surface area contributed by atoms with Crippen LogP contribution in [0, 0.1) is 0 Å². The molecule has 0 N–H and O–H groups in total. The van der Waals surface area contributed by atoms with Gasteiger partial charge in [0.25, 0.3) is 10.5 Å². The monoisotopic (exact) mass is 281 g/mol. The highest BCUT2D eigenvalue weighted by molar-refractivity contribution is 7.21. The van der Waals surface area contributed by atoms with Gasteiger partial charge < -0.3 is 4.57 Å². The normalized spacial score (nSPS) is 15.9. The summed E-state index contributed by atoms with van der Waals surface area (Å²) in [5.41, 5.74) is 4.81. The summed E-state index contributed by atoms with van der Waals surface area (Å²) in [6.45, 7) is -1.45. The molecule has 4 heterocycles. The summed E-state index contributed by atoms with van der Waals surface area (Å²) in [7, 11) is 0. The van der Waals surface area contributed by atoms with Crippen LogP contribution in [0.1, 0.15) is 9.68 Å². The Bertz CT molecular complexity index is 1090. The minimum absolute atomic E-state index is 0.667. The van der Waals surface area contributed by atoms with Crippen molar-refractivity contribution in [2.45, 2.75) is 6.54 Å². The number of pyridine rings is 1. The molecular weight excluding hydrogens is 266 g/mol. The Morgan fingerprint density at radius 3 is 3.20 bits per heavy atom. The number of hydrogen-bond acceptors (Lipinski definition) is 2. The lowest BCUT2D eigenvalue weighted by Crippen LogP contribution is -2.30. The molecule has 1 aromatic carbocycles. The summed E-state index contributed by atoms with van der Waals surface area (Å²) >= 11 is 1.53. The van der Waals surface area contributed by atoms with Crippen LogP contribution in [0.4, 0.5) is 0 Å². The van der Waals surface area contributed by atoms with Crippen molar-refractivity contribution in [3.05, 3.63) is 48.2 Å². The SMILES string of the molecule is [2H]C([2H])([2H])n1c2cccnc2c2c1sc1[n+]2Cc2ccccc2-1. The van der Waals surface area contributed by atoms with Gasteiger partial charge in [-0.3, -0.25) is 0 Å². The Labute approximate surface area is 123 Å². The first kappa shape index (κ1) is 8.17. The van der Waals surface area contributed by atoms with Gasteiger partial charge in [-0.1, -0.05) is 18.2 Å². The minimum Gasteiger partial charge on any atom is -0.329 e. The lowest BCUT2D eigenvalue weighted by Gasteiger charge is -1.93. The fraction of sp³-hybridized carbons (Fsp3) is 0.125. The van der Waals surface area contributed by atoms with Crippen molar-refractivity contribution in [1.82, 2.24) is 9.55 Å². The molecular formula is C16H12N3S+. The van der Waals surface area contributed by atoms with Gasteiger partial charge in [0, 0.05) is 22.8 Å². The van der Waals surface area contributed by atoms with Crippen LogP contribution in [-0.4, -0.2) is 9.55 Å². The Morgan fingerprint density at radius 1 is 1.30 bits per heavy atom. The van der Waals surface area contributed by atoms with E-state index in [2.05, 4.69) is 21.7 Å². The number of rotatable bonds is 0. The maximum atomic E-state index is 7.92. The van der Waals surface area contributed by atoms with E-state index in [-0.39, 0.29) is 0 Å². The maximum Gasteiger partial charge on any atom is 0.272 e. The third-order valence-electron chi connectivity index (χ3n) is 3.94. The second kappa shape index (κ2) is 3.46. The summed E-state index contributed by atoms with van der Waals surface area (Å²) in [6, 6.07) is 11.9. The smallest absolute Gasteiger partial charge is 0.272 e. The van der Waals surface area contributed by atoms with E-state index < -0.39 is 6.98 Å². The van der Waals surface area contributed by atoms with E-state index in [4.69, 9.17) is 4.11 Å². The van der Waals surface area contributed by atoms with Gasteiger partial charge in [-0.2, -0.15) is 4.57 Å². The fourth-order valence-corrected chi connectivity index (χ4v) is 4.30. The average Bonchev–Trinajstić information content (AvgIpc) is 3.12. The summed E-state index contributed by atoms with van der Waals surface area (Å²) in [4.78, 5) is 5.24. The number of fused-ring (bicyclic) bond motifs is 7. The first-order valence-electron chi connectivity index (χ1n) is 7.96. The maximum absolute atomic E-state index is 7.92. The molecule has 4 heteroatoms. The highest BCUT2D eigenvalue weighted by Crippen LogP contribution is 2.38. The Hall–Kier alpha value is -2.20. The molecule has 0 unspecified atom stereocenters. The molecule has 0 radical (unpaired) electrons. The molecule has 1 aliphatic heterocycles. The highest BCUT2D eigenvalue weighted by atomic mass is 32.1. The lowest BCUT2D eigenvalue weighted by molar-refractivity contribution is -0.641. The van der Waals surface area contributed by atoms with Crippen LogP contribution in [0.5, 0.6) is 0 Å². The number of aromatic nitrogens is 3. The summed E-state index contributed by atoms with van der Waals surface area (Å²) < 4.78 is 27.4. The van der Waals surface area contributed by atoms with E-state index in [0.29, 0.717) is 5.52 Å². The Kier molecular flexibility index (Phi) is 1.41. The van der Waals surface area contributed by atoms with E-state index >= 15 is 0 Å². The molecule has 0 saturated heterocycles. The first-order valence-corrected chi connectivity index (χ1v) is 7.28. The minimum atomic E-state index is -2.22. The zero-order valence-electron chi connectivity index (χ0n) is 13.5. The standard InChI is InChI=1S/C16H12N3S/c1-18-12-7-4-8-17-13(12)14-16(18)20-15-11-6-3-2-5-10(11)9-19(14)15/h2-8H,9H2,1H3/q+1/i1D3. The molecule has 3 aromatic heterocycles. The van der Waals surface area contributed by atoms with Crippen LogP contribution in [0.2, 0.25) is 0 Å². The van der Waals surface area contributed by atoms with Gasteiger partial charge in [0.2, 0.25) is 0 Å². The fourth-order valence-electron chi connectivity index (χ4n) is 3.05. The quantitative estimate of drug-likeness (QED) is 0.400. The second-order valence-corrected chi connectivity index (χ2v) is 5.99. The molecule has 3 nitrogen and oxygen atoms in total. The molecule has 5 rings (SSSR count). The average molecular weight is 281 g/mol. The van der Waals surface area contributed by atoms with Crippen LogP contribution >= 0.6 is 11.3 Å². The highest BCUT2D eigenvalue weighted by Gasteiger charge is 2.34. The number of benzene rings is 1. The van der Waals surface area contributed by atoms with E-state index in [9.17, 15) is 0 Å². The van der Waals surface area contributed by atoms with Crippen molar-refractivity contribution in [2.75, 3.05) is 0 Å². The molecule has 0 bridgehead atoms. The second-order valence-electron chi connectivity index (χ2n) is 5.01. The van der Waals surface area contributed by atoms with Gasteiger partial charge in [-0.05, 0) is 29.5 Å². The summed E-state index contributed by atoms with van der Waals surface area (Å²) in [5.74, 6) is 0. The van der Waals surface area contributed by atoms with Crippen molar-refractivity contribution in [3.8, 4) is 10.6 Å². The topological polar surface area (TPSA) is 21.7 Å². The Morgan fingerprint density at radius 2 is 2.25 bits per heavy atom. The van der Waals surface area contributed by atoms with Crippen molar-refractivity contribution < 1.29 is 8.68 Å². The molecule has 0 fully saturated rings. The van der Waals surface area contributed by atoms with Crippen LogP contribution in [0.15, 0.2) is 42.6 Å². The van der Waals surface area contributed by atoms with Crippen molar-refractivity contribution in [1.29, 1.82) is 0 Å². The lowest BCUT2D eigenvalue weighted by atomic mass is 10.1. The Balaban J connectivity index is 1.96. The van der Waals surface area contributed by atoms with Crippen LogP contribution in [-0.2, 0) is 13.5 Å². The van der Waals surface area contributed by atoms with Crippen molar-refractivity contribution >= 4 is 32.7 Å². The molecule has 0 saturated carbocycles. The molecule has 20 heavy (non-hydrogen) atoms. The predicted molar refractivity (Wildman–Crippen MR) is 80.8 cm³/mol. The van der Waals surface area contributed by atoms with Crippen molar-refractivity contribution in [3.63, 3.8) is 0 Å². The zero-order chi connectivity index (χ0) is 15.8. The summed E-state index contributed by atoms with van der Waals surface area (Å²) in [6.07, 6.45) is 1.72. The van der Waals surface area contributed by atoms with Crippen LogP contribution in [0.25, 0.3) is 32.0 Å². The molecule has 0 atom stereocenters. The third-order valence-corrected chi connectivity index (χ3v) is 5.14. The van der Waals surface area contributed by atoms with E-state index in [1.54, 1.807) is 12.3 Å². The number of nitrogens with zero attached hydrogens (tertiary/aromatic N) is 3. The van der Waals surface area contributed by atoms with Gasteiger partial charge in [-0.25, -0.2) is 4.98 Å². The first-order chi connectivity index (χ1) is 11.1. The van der Waals surface area contributed by atoms with Crippen LogP contribution in [0.3, 0.4) is 0 Å². The zero-order valence-corrected chi connectivity index (χ0v) is 11.3. The molecule has 0 aliphatic carbocycles. The van der Waals surface area contributed by atoms with E-state index in [0.717, 1.165) is 27.4 Å². The predicted octanol–water partition coefficient (Wildman–Crippen LogP) is 3.10. The van der Waals surface area contributed by atoms with Gasteiger partial charge in [0.15, 0.2) is 16.9 Å². The van der Waals surface area contributed by atoms with E-state index in [1.165, 1.54) is 27.0 Å². The van der Waals surface area contributed by atoms with Gasteiger partial charge in [-0.15, -0.1) is 0 Å². The number of thiazole rings is 1. The third kappa shape index (κ3) is 1.11. The van der Waals surface area contributed by atoms with Gasteiger partial charge in [0.05, 0.1) is 11.1 Å². The van der Waals surface area contributed by atoms with E-state index in [1.807, 2.05) is 18.2 Å². The van der Waals surface area contributed by atoms with Gasteiger partial charge >= 0.3 is 0 Å². The number of hydrogen-bond donors (Lipinski definition) is 0. The van der Waals surface area contributed by atoms with Crippen molar-refractivity contribution in [2.24, 2.45) is 6.98 Å². The molecule has 1 aliphatic rings. The molecule has 0 amide bonds. The molecule has 0 spiro atoms. The summed E-state index contributed by atoms with van der Waals surface area (Å²) in [5, 5.41) is 1.11. The number of aryl methyl sites for hydroxylation is 1. The van der Waals surface area contributed by atoms with Crippen LogP contribution < -0.4 is 4.57 Å².